The number of anilines is 2. The predicted octanol–water partition coefficient (Wildman–Crippen LogP) is -0.378. The number of nitrogens with zero attached hydrogens (tertiary/aromatic N) is 2. The summed E-state index contributed by atoms with van der Waals surface area (Å²) in [6.45, 7) is 3.23. The molecule has 136 valence electrons. The predicted molar refractivity (Wildman–Crippen MR) is 85.8 cm³/mol. The van der Waals surface area contributed by atoms with Crippen molar-refractivity contribution < 1.29 is 28.8 Å². The van der Waals surface area contributed by atoms with E-state index in [0.717, 1.165) is 0 Å². The molecular weight excluding hydrogens is 320 g/mol. The Kier molecular flexibility index (Phi) is 11.2. The number of aromatic nitrogens is 2. The van der Waals surface area contributed by atoms with Crippen molar-refractivity contribution in [2.45, 2.75) is 0 Å². The Labute approximate surface area is 140 Å². The summed E-state index contributed by atoms with van der Waals surface area (Å²) in [5, 5.41) is 11.4. The maximum Gasteiger partial charge on any atom is 0.329 e. The molecule has 0 fully saturated rings. The topological polar surface area (TPSA) is 138 Å². The van der Waals surface area contributed by atoms with Gasteiger partial charge in [-0.1, -0.05) is 0 Å². The molecule has 0 aliphatic carbocycles. The van der Waals surface area contributed by atoms with Gasteiger partial charge >= 0.3 is 5.97 Å². The van der Waals surface area contributed by atoms with Crippen LogP contribution in [0.15, 0.2) is 12.4 Å². The van der Waals surface area contributed by atoms with Gasteiger partial charge in [-0.05, 0) is 0 Å². The molecule has 0 radical (unpaired) electrons. The van der Waals surface area contributed by atoms with Gasteiger partial charge in [0.1, 0.15) is 24.6 Å². The Morgan fingerprint density at radius 3 is 2.17 bits per heavy atom. The van der Waals surface area contributed by atoms with Crippen LogP contribution in [0.3, 0.4) is 0 Å². The molecule has 1 aromatic heterocycles. The van der Waals surface area contributed by atoms with Crippen molar-refractivity contribution in [2.24, 2.45) is 0 Å². The number of nitrogens with one attached hydrogen (secondary N) is 1. The maximum absolute atomic E-state index is 10.2. The standard InChI is InChI=1S/C14H24N4O6/c15-12-9-13(18-11-17-12)16-1-2-21-3-4-22-5-6-23-7-8-24-10-14(19)20/h9,11H,1-8,10H2,(H,19,20)(H3,15,16,17,18). The second kappa shape index (κ2) is 13.4. The molecule has 1 aromatic rings. The van der Waals surface area contributed by atoms with Crippen molar-refractivity contribution in [1.29, 1.82) is 0 Å². The van der Waals surface area contributed by atoms with E-state index in [4.69, 9.17) is 29.8 Å². The molecule has 0 saturated carbocycles. The van der Waals surface area contributed by atoms with E-state index < -0.39 is 5.97 Å². The van der Waals surface area contributed by atoms with Gasteiger partial charge in [-0.15, -0.1) is 0 Å². The van der Waals surface area contributed by atoms with Gasteiger partial charge in [0, 0.05) is 12.6 Å². The van der Waals surface area contributed by atoms with Crippen molar-refractivity contribution in [1.82, 2.24) is 9.97 Å². The Morgan fingerprint density at radius 1 is 1.00 bits per heavy atom. The molecule has 0 bridgehead atoms. The molecule has 24 heavy (non-hydrogen) atoms. The number of hydrogen-bond acceptors (Lipinski definition) is 9. The first-order valence-electron chi connectivity index (χ1n) is 7.52. The van der Waals surface area contributed by atoms with Gasteiger partial charge in [0.15, 0.2) is 0 Å². The third-order valence-electron chi connectivity index (χ3n) is 2.58. The number of nitrogens with two attached hydrogens (primary N) is 1. The monoisotopic (exact) mass is 344 g/mol. The van der Waals surface area contributed by atoms with Crippen LogP contribution in [0.25, 0.3) is 0 Å². The highest BCUT2D eigenvalue weighted by Gasteiger charge is 1.97. The lowest BCUT2D eigenvalue weighted by molar-refractivity contribution is -0.142. The van der Waals surface area contributed by atoms with Gasteiger partial charge < -0.3 is 35.1 Å². The molecule has 0 amide bonds. The molecule has 0 spiro atoms. The van der Waals surface area contributed by atoms with Gasteiger partial charge in [0.05, 0.1) is 46.2 Å². The zero-order chi connectivity index (χ0) is 17.5. The highest BCUT2D eigenvalue weighted by molar-refractivity contribution is 5.67. The summed E-state index contributed by atoms with van der Waals surface area (Å²) < 4.78 is 20.7. The molecule has 10 heteroatoms. The molecule has 0 aliphatic rings. The lowest BCUT2D eigenvalue weighted by Gasteiger charge is -2.08. The average molecular weight is 344 g/mol. The minimum atomic E-state index is -0.991. The average Bonchev–Trinajstić information content (AvgIpc) is 2.55. The molecule has 0 atom stereocenters. The Morgan fingerprint density at radius 2 is 1.58 bits per heavy atom. The van der Waals surface area contributed by atoms with Crippen LogP contribution in [0.2, 0.25) is 0 Å². The third-order valence-corrected chi connectivity index (χ3v) is 2.58. The van der Waals surface area contributed by atoms with Crippen LogP contribution in [-0.2, 0) is 23.7 Å². The van der Waals surface area contributed by atoms with Crippen LogP contribution >= 0.6 is 0 Å². The molecular formula is C14H24N4O6. The van der Waals surface area contributed by atoms with Gasteiger partial charge in [0.25, 0.3) is 0 Å². The first-order chi connectivity index (χ1) is 11.7. The summed E-state index contributed by atoms with van der Waals surface area (Å²) in [5.41, 5.74) is 5.53. The number of hydrogen-bond donors (Lipinski definition) is 3. The minimum Gasteiger partial charge on any atom is -0.480 e. The largest absolute Gasteiger partial charge is 0.480 e. The summed E-state index contributed by atoms with van der Waals surface area (Å²) in [6, 6.07) is 1.65. The highest BCUT2D eigenvalue weighted by atomic mass is 16.6. The highest BCUT2D eigenvalue weighted by Crippen LogP contribution is 2.03. The van der Waals surface area contributed by atoms with Crippen molar-refractivity contribution in [3.63, 3.8) is 0 Å². The van der Waals surface area contributed by atoms with Gasteiger partial charge in [-0.25, -0.2) is 14.8 Å². The number of ether oxygens (including phenoxy) is 4. The zero-order valence-electron chi connectivity index (χ0n) is 13.5. The Hall–Kier alpha value is -2.01. The SMILES string of the molecule is Nc1cc(NCCOCCOCCOCCOCC(=O)O)ncn1. The van der Waals surface area contributed by atoms with Crippen molar-refractivity contribution in [3.05, 3.63) is 12.4 Å². The second-order valence-corrected chi connectivity index (χ2v) is 4.54. The third kappa shape index (κ3) is 11.5. The van der Waals surface area contributed by atoms with E-state index in [1.54, 1.807) is 6.07 Å². The molecule has 0 aliphatic heterocycles. The van der Waals surface area contributed by atoms with Crippen molar-refractivity contribution >= 4 is 17.6 Å². The molecule has 0 unspecified atom stereocenters. The van der Waals surface area contributed by atoms with E-state index in [2.05, 4.69) is 15.3 Å². The van der Waals surface area contributed by atoms with Crippen LogP contribution in [0, 0.1) is 0 Å². The van der Waals surface area contributed by atoms with E-state index in [1.807, 2.05) is 0 Å². The fourth-order valence-electron chi connectivity index (χ4n) is 1.54. The number of rotatable bonds is 15. The van der Waals surface area contributed by atoms with Crippen LogP contribution in [0.5, 0.6) is 0 Å². The number of carboxylic acids is 1. The van der Waals surface area contributed by atoms with Crippen LogP contribution < -0.4 is 11.1 Å². The molecule has 1 heterocycles. The lowest BCUT2D eigenvalue weighted by Crippen LogP contribution is -2.15. The first kappa shape index (κ1) is 20.0. The lowest BCUT2D eigenvalue weighted by atomic mass is 10.5. The number of carboxylic acid groups (broad SMARTS) is 1. The van der Waals surface area contributed by atoms with E-state index in [-0.39, 0.29) is 13.2 Å². The number of aliphatic carboxylic acids is 1. The van der Waals surface area contributed by atoms with E-state index in [9.17, 15) is 4.79 Å². The molecule has 4 N–H and O–H groups in total. The van der Waals surface area contributed by atoms with E-state index in [1.165, 1.54) is 6.33 Å². The summed E-state index contributed by atoms with van der Waals surface area (Å²) in [5.74, 6) is 0.0824. The smallest absolute Gasteiger partial charge is 0.329 e. The van der Waals surface area contributed by atoms with E-state index in [0.29, 0.717) is 57.8 Å². The molecule has 10 nitrogen and oxygen atoms in total. The maximum atomic E-state index is 10.2. The molecule has 0 aromatic carbocycles. The Bertz CT molecular complexity index is 463. The quantitative estimate of drug-likeness (QED) is 0.361. The second-order valence-electron chi connectivity index (χ2n) is 4.54. The van der Waals surface area contributed by atoms with Crippen LogP contribution in [0.1, 0.15) is 0 Å². The van der Waals surface area contributed by atoms with Gasteiger partial charge in [0.2, 0.25) is 0 Å². The molecule has 1 rings (SSSR count). The van der Waals surface area contributed by atoms with Gasteiger partial charge in [-0.2, -0.15) is 0 Å². The fourth-order valence-corrected chi connectivity index (χ4v) is 1.54. The Balaban J connectivity index is 1.78. The van der Waals surface area contributed by atoms with Crippen LogP contribution in [-0.4, -0.2) is 80.4 Å². The summed E-state index contributed by atoms with van der Waals surface area (Å²) in [7, 11) is 0. The van der Waals surface area contributed by atoms with Gasteiger partial charge in [-0.3, -0.25) is 0 Å². The van der Waals surface area contributed by atoms with Crippen LogP contribution in [0.4, 0.5) is 11.6 Å². The molecule has 0 saturated heterocycles. The summed E-state index contributed by atoms with van der Waals surface area (Å²) in [6.07, 6.45) is 1.40. The van der Waals surface area contributed by atoms with E-state index >= 15 is 0 Å². The minimum absolute atomic E-state index is 0.250. The number of carbonyl (C=O) groups is 1. The summed E-state index contributed by atoms with van der Waals surface area (Å²) >= 11 is 0. The number of nitrogen functional groups attached to an aromatic ring is 1. The normalized spacial score (nSPS) is 10.7. The summed E-state index contributed by atoms with van der Waals surface area (Å²) in [4.78, 5) is 18.0. The van der Waals surface area contributed by atoms with Crippen molar-refractivity contribution in [3.8, 4) is 0 Å². The fraction of sp³-hybridized carbons (Fsp3) is 0.643. The zero-order valence-corrected chi connectivity index (χ0v) is 13.5. The first-order valence-corrected chi connectivity index (χ1v) is 7.52. The van der Waals surface area contributed by atoms with Crippen molar-refractivity contribution in [2.75, 3.05) is 70.5 Å².